The molecule has 0 saturated heterocycles. The predicted molar refractivity (Wildman–Crippen MR) is 71.8 cm³/mol. The third-order valence-electron chi connectivity index (χ3n) is 3.40. The van der Waals surface area contributed by atoms with Crippen molar-refractivity contribution in [3.63, 3.8) is 0 Å². The number of likely N-dealkylation sites (N-methyl/N-ethyl adjacent to an activating group) is 1. The van der Waals surface area contributed by atoms with Crippen molar-refractivity contribution < 1.29 is 4.79 Å². The SMILES string of the molecule is CCc1nnsc1C(=O)NC[C@@H](C1CC1)N(C)C. The summed E-state index contributed by atoms with van der Waals surface area (Å²) >= 11 is 1.18. The van der Waals surface area contributed by atoms with E-state index in [1.165, 1.54) is 24.4 Å². The van der Waals surface area contributed by atoms with Crippen molar-refractivity contribution in [3.8, 4) is 0 Å². The Kier molecular flexibility index (Phi) is 4.29. The van der Waals surface area contributed by atoms with Gasteiger partial charge in [0, 0.05) is 12.6 Å². The van der Waals surface area contributed by atoms with E-state index in [4.69, 9.17) is 0 Å². The van der Waals surface area contributed by atoms with Gasteiger partial charge in [-0.05, 0) is 50.8 Å². The van der Waals surface area contributed by atoms with Crippen LogP contribution in [0.1, 0.15) is 35.1 Å². The first-order chi connectivity index (χ1) is 8.63. The fraction of sp³-hybridized carbons (Fsp3) is 0.750. The lowest BCUT2D eigenvalue weighted by Gasteiger charge is -2.24. The Hall–Kier alpha value is -1.01. The van der Waals surface area contributed by atoms with Gasteiger partial charge in [-0.2, -0.15) is 0 Å². The third kappa shape index (κ3) is 3.05. The molecule has 0 unspecified atom stereocenters. The van der Waals surface area contributed by atoms with Crippen molar-refractivity contribution in [2.45, 2.75) is 32.2 Å². The molecule has 0 radical (unpaired) electrons. The quantitative estimate of drug-likeness (QED) is 0.841. The lowest BCUT2D eigenvalue weighted by atomic mass is 10.1. The minimum Gasteiger partial charge on any atom is -0.350 e. The molecule has 1 aromatic heterocycles. The standard InChI is InChI=1S/C12H20N4OS/c1-4-9-11(18-15-14-9)12(17)13-7-10(16(2)3)8-5-6-8/h8,10H,4-7H2,1-3H3,(H,13,17)/t10-/m0/s1. The lowest BCUT2D eigenvalue weighted by Crippen LogP contribution is -2.41. The molecule has 2 rings (SSSR count). The van der Waals surface area contributed by atoms with Crippen LogP contribution in [0.3, 0.4) is 0 Å². The van der Waals surface area contributed by atoms with Gasteiger partial charge in [-0.3, -0.25) is 4.79 Å². The molecule has 5 nitrogen and oxygen atoms in total. The van der Waals surface area contributed by atoms with Crippen LogP contribution in [0.2, 0.25) is 0 Å². The minimum atomic E-state index is -0.0330. The fourth-order valence-corrected chi connectivity index (χ4v) is 2.81. The fourth-order valence-electron chi connectivity index (χ4n) is 2.14. The van der Waals surface area contributed by atoms with Gasteiger partial charge in [0.2, 0.25) is 0 Å². The van der Waals surface area contributed by atoms with Crippen molar-refractivity contribution >= 4 is 17.4 Å². The normalized spacial score (nSPS) is 16.9. The summed E-state index contributed by atoms with van der Waals surface area (Å²) in [4.78, 5) is 14.9. The molecule has 1 atom stereocenters. The number of nitrogens with one attached hydrogen (secondary N) is 1. The number of nitrogens with zero attached hydrogens (tertiary/aromatic N) is 3. The van der Waals surface area contributed by atoms with E-state index >= 15 is 0 Å². The van der Waals surface area contributed by atoms with Gasteiger partial charge >= 0.3 is 0 Å². The number of rotatable bonds is 6. The Morgan fingerprint density at radius 3 is 2.83 bits per heavy atom. The smallest absolute Gasteiger partial charge is 0.265 e. The van der Waals surface area contributed by atoms with Crippen LogP contribution in [0, 0.1) is 5.92 Å². The highest BCUT2D eigenvalue weighted by Crippen LogP contribution is 2.34. The molecule has 0 aliphatic heterocycles. The van der Waals surface area contributed by atoms with Crippen LogP contribution in [0.4, 0.5) is 0 Å². The zero-order valence-electron chi connectivity index (χ0n) is 11.1. The topological polar surface area (TPSA) is 58.1 Å². The first-order valence-electron chi connectivity index (χ1n) is 6.39. The van der Waals surface area contributed by atoms with E-state index in [-0.39, 0.29) is 5.91 Å². The van der Waals surface area contributed by atoms with Crippen LogP contribution in [-0.2, 0) is 6.42 Å². The molecule has 1 fully saturated rings. The molecule has 0 spiro atoms. The Morgan fingerprint density at radius 1 is 1.56 bits per heavy atom. The summed E-state index contributed by atoms with van der Waals surface area (Å²) in [6.07, 6.45) is 3.31. The zero-order valence-corrected chi connectivity index (χ0v) is 12.0. The molecule has 1 saturated carbocycles. The van der Waals surface area contributed by atoms with Gasteiger partial charge in [0.15, 0.2) is 0 Å². The van der Waals surface area contributed by atoms with Gasteiger partial charge in [-0.1, -0.05) is 11.4 Å². The molecule has 1 aliphatic carbocycles. The van der Waals surface area contributed by atoms with E-state index in [2.05, 4.69) is 33.9 Å². The highest BCUT2D eigenvalue weighted by atomic mass is 32.1. The second kappa shape index (κ2) is 5.75. The van der Waals surface area contributed by atoms with Crippen LogP contribution >= 0.6 is 11.5 Å². The van der Waals surface area contributed by atoms with Crippen molar-refractivity contribution in [2.24, 2.45) is 5.92 Å². The highest BCUT2D eigenvalue weighted by Gasteiger charge is 2.32. The van der Waals surface area contributed by atoms with E-state index in [1.807, 2.05) is 6.92 Å². The predicted octanol–water partition coefficient (Wildman–Crippen LogP) is 1.17. The Balaban J connectivity index is 1.91. The van der Waals surface area contributed by atoms with Gasteiger partial charge in [-0.15, -0.1) is 5.10 Å². The molecule has 6 heteroatoms. The monoisotopic (exact) mass is 268 g/mol. The van der Waals surface area contributed by atoms with Crippen molar-refractivity contribution in [3.05, 3.63) is 10.6 Å². The summed E-state index contributed by atoms with van der Waals surface area (Å²) in [6, 6.07) is 0.444. The van der Waals surface area contributed by atoms with Gasteiger partial charge in [-0.25, -0.2) is 0 Å². The van der Waals surface area contributed by atoms with Crippen LogP contribution in [0.15, 0.2) is 0 Å². The second-order valence-electron chi connectivity index (χ2n) is 4.98. The first-order valence-corrected chi connectivity index (χ1v) is 7.16. The zero-order chi connectivity index (χ0) is 13.1. The molecular weight excluding hydrogens is 248 g/mol. The molecule has 1 N–H and O–H groups in total. The Labute approximate surface area is 112 Å². The van der Waals surface area contributed by atoms with E-state index in [0.717, 1.165) is 18.0 Å². The van der Waals surface area contributed by atoms with Crippen LogP contribution in [-0.4, -0.2) is 47.1 Å². The Morgan fingerprint density at radius 2 is 2.28 bits per heavy atom. The summed E-state index contributed by atoms with van der Waals surface area (Å²) in [5.74, 6) is 0.708. The molecule has 1 aliphatic rings. The molecule has 0 aromatic carbocycles. The van der Waals surface area contributed by atoms with Crippen LogP contribution in [0.25, 0.3) is 0 Å². The molecule has 18 heavy (non-hydrogen) atoms. The average Bonchev–Trinajstić information content (AvgIpc) is 3.05. The van der Waals surface area contributed by atoms with E-state index < -0.39 is 0 Å². The maximum atomic E-state index is 12.1. The maximum Gasteiger partial charge on any atom is 0.265 e. The average molecular weight is 268 g/mol. The highest BCUT2D eigenvalue weighted by molar-refractivity contribution is 7.08. The lowest BCUT2D eigenvalue weighted by molar-refractivity contribution is 0.0942. The number of carbonyl (C=O) groups excluding carboxylic acids is 1. The summed E-state index contributed by atoms with van der Waals surface area (Å²) in [6.45, 7) is 2.69. The summed E-state index contributed by atoms with van der Waals surface area (Å²) in [5, 5.41) is 6.98. The number of hydrogen-bond acceptors (Lipinski definition) is 5. The number of amides is 1. The number of aromatic nitrogens is 2. The van der Waals surface area contributed by atoms with Crippen molar-refractivity contribution in [1.82, 2.24) is 19.8 Å². The van der Waals surface area contributed by atoms with Gasteiger partial charge in [0.1, 0.15) is 4.88 Å². The van der Waals surface area contributed by atoms with Gasteiger partial charge in [0.25, 0.3) is 5.91 Å². The molecule has 100 valence electrons. The summed E-state index contributed by atoms with van der Waals surface area (Å²) < 4.78 is 3.84. The van der Waals surface area contributed by atoms with E-state index in [1.54, 1.807) is 0 Å². The second-order valence-corrected chi connectivity index (χ2v) is 5.73. The molecule has 0 bridgehead atoms. The molecule has 1 amide bonds. The maximum absolute atomic E-state index is 12.1. The van der Waals surface area contributed by atoms with Gasteiger partial charge < -0.3 is 10.2 Å². The molecule has 1 heterocycles. The van der Waals surface area contributed by atoms with Gasteiger partial charge in [0.05, 0.1) is 5.69 Å². The van der Waals surface area contributed by atoms with Crippen molar-refractivity contribution in [1.29, 1.82) is 0 Å². The Bertz CT molecular complexity index is 412. The molecular formula is C12H20N4OS. The summed E-state index contributed by atoms with van der Waals surface area (Å²) in [5.41, 5.74) is 0.797. The van der Waals surface area contributed by atoms with E-state index in [0.29, 0.717) is 17.5 Å². The third-order valence-corrected chi connectivity index (χ3v) is 4.16. The number of hydrogen-bond donors (Lipinski definition) is 1. The minimum absolute atomic E-state index is 0.0330. The largest absolute Gasteiger partial charge is 0.350 e. The number of carbonyl (C=O) groups is 1. The first kappa shape index (κ1) is 13.4. The summed E-state index contributed by atoms with van der Waals surface area (Å²) in [7, 11) is 4.14. The van der Waals surface area contributed by atoms with E-state index in [9.17, 15) is 4.79 Å². The van der Waals surface area contributed by atoms with Crippen LogP contribution < -0.4 is 5.32 Å². The van der Waals surface area contributed by atoms with Crippen LogP contribution in [0.5, 0.6) is 0 Å². The molecule has 1 aromatic rings. The number of aryl methyl sites for hydroxylation is 1. The van der Waals surface area contributed by atoms with Crippen molar-refractivity contribution in [2.75, 3.05) is 20.6 Å².